The highest BCUT2D eigenvalue weighted by Crippen LogP contribution is 2.24. The number of hydrogen-bond donors (Lipinski definition) is 1. The van der Waals surface area contributed by atoms with E-state index in [1.165, 1.54) is 12.8 Å². The maximum Gasteiger partial charge on any atom is 0.149 e. The lowest BCUT2D eigenvalue weighted by Crippen LogP contribution is -2.45. The van der Waals surface area contributed by atoms with Gasteiger partial charge in [-0.05, 0) is 31.6 Å². The molecule has 1 N–H and O–H groups in total. The second kappa shape index (κ2) is 7.67. The van der Waals surface area contributed by atoms with Gasteiger partial charge in [-0.1, -0.05) is 20.8 Å². The molecule has 1 saturated carbocycles. The smallest absolute Gasteiger partial charge is 0.149 e. The second-order valence-electron chi connectivity index (χ2n) is 5.59. The number of hydrogen-bond acceptors (Lipinski definition) is 3. The van der Waals surface area contributed by atoms with Crippen LogP contribution in [-0.4, -0.2) is 23.7 Å². The average molecular weight is 253 g/mol. The first kappa shape index (κ1) is 15.4. The van der Waals surface area contributed by atoms with Crippen LogP contribution in [0.4, 0.5) is 0 Å². The van der Waals surface area contributed by atoms with Crippen molar-refractivity contribution in [2.75, 3.05) is 0 Å². The topological polar surface area (TPSA) is 46.2 Å². The van der Waals surface area contributed by atoms with Crippen molar-refractivity contribution in [3.05, 3.63) is 0 Å². The lowest BCUT2D eigenvalue weighted by molar-refractivity contribution is -0.126. The van der Waals surface area contributed by atoms with Crippen molar-refractivity contribution >= 4 is 11.6 Å². The fourth-order valence-corrected chi connectivity index (χ4v) is 2.60. The molecule has 0 radical (unpaired) electrons. The van der Waals surface area contributed by atoms with E-state index in [0.29, 0.717) is 25.3 Å². The van der Waals surface area contributed by atoms with Crippen LogP contribution in [0.3, 0.4) is 0 Å². The van der Waals surface area contributed by atoms with Crippen molar-refractivity contribution in [3.8, 4) is 0 Å². The van der Waals surface area contributed by atoms with Crippen molar-refractivity contribution < 1.29 is 9.59 Å². The molecule has 0 aromatic rings. The van der Waals surface area contributed by atoms with E-state index in [2.05, 4.69) is 12.2 Å². The molecule has 1 rings (SSSR count). The molecule has 1 aliphatic carbocycles. The van der Waals surface area contributed by atoms with E-state index < -0.39 is 0 Å². The first-order valence-electron chi connectivity index (χ1n) is 7.37. The highest BCUT2D eigenvalue weighted by atomic mass is 16.1. The second-order valence-corrected chi connectivity index (χ2v) is 5.59. The summed E-state index contributed by atoms with van der Waals surface area (Å²) in [6.07, 6.45) is 6.13. The van der Waals surface area contributed by atoms with E-state index in [1.54, 1.807) is 0 Å². The van der Waals surface area contributed by atoms with Crippen LogP contribution in [0.1, 0.15) is 65.7 Å². The number of nitrogens with one attached hydrogen (secondary N) is 1. The van der Waals surface area contributed by atoms with Crippen molar-refractivity contribution in [3.63, 3.8) is 0 Å². The number of carbonyl (C=O) groups is 2. The summed E-state index contributed by atoms with van der Waals surface area (Å²) < 4.78 is 0. The third-order valence-electron chi connectivity index (χ3n) is 4.02. The van der Waals surface area contributed by atoms with Gasteiger partial charge in [-0.15, -0.1) is 0 Å². The summed E-state index contributed by atoms with van der Waals surface area (Å²) in [6, 6.07) is 0.173. The van der Waals surface area contributed by atoms with E-state index in [-0.39, 0.29) is 17.6 Å². The fraction of sp³-hybridized carbons (Fsp3) is 0.867. The van der Waals surface area contributed by atoms with Gasteiger partial charge in [0.25, 0.3) is 0 Å². The summed E-state index contributed by atoms with van der Waals surface area (Å²) >= 11 is 0. The molecule has 0 spiro atoms. The van der Waals surface area contributed by atoms with Crippen LogP contribution in [0.25, 0.3) is 0 Å². The highest BCUT2D eigenvalue weighted by Gasteiger charge is 2.25. The number of carbonyl (C=O) groups excluding carboxylic acids is 2. The number of ketones is 2. The Hall–Kier alpha value is -0.700. The van der Waals surface area contributed by atoms with Crippen molar-refractivity contribution in [2.24, 2.45) is 5.92 Å². The van der Waals surface area contributed by atoms with Gasteiger partial charge in [0.05, 0.1) is 6.04 Å². The van der Waals surface area contributed by atoms with Crippen molar-refractivity contribution in [1.29, 1.82) is 0 Å². The first-order valence-corrected chi connectivity index (χ1v) is 7.37. The normalized spacial score (nSPS) is 25.7. The van der Waals surface area contributed by atoms with E-state index in [9.17, 15) is 9.59 Å². The predicted molar refractivity (Wildman–Crippen MR) is 73.6 cm³/mol. The van der Waals surface area contributed by atoms with E-state index in [4.69, 9.17) is 0 Å². The molecule has 1 fully saturated rings. The zero-order chi connectivity index (χ0) is 13.5. The molecular formula is C15H27NO2. The molecule has 0 amide bonds. The van der Waals surface area contributed by atoms with E-state index in [0.717, 1.165) is 18.8 Å². The van der Waals surface area contributed by atoms with Gasteiger partial charge in [0.15, 0.2) is 0 Å². The maximum absolute atomic E-state index is 11.9. The Balaban J connectivity index is 2.50. The van der Waals surface area contributed by atoms with Crippen LogP contribution in [0.15, 0.2) is 0 Å². The SMILES string of the molecule is CCC(=O)CC(NC1CCC(C)CC1)C(=O)CC. The summed E-state index contributed by atoms with van der Waals surface area (Å²) in [5.41, 5.74) is 0. The Morgan fingerprint density at radius 3 is 2.22 bits per heavy atom. The molecule has 18 heavy (non-hydrogen) atoms. The van der Waals surface area contributed by atoms with Crippen LogP contribution in [0.2, 0.25) is 0 Å². The fourth-order valence-electron chi connectivity index (χ4n) is 2.60. The molecule has 0 bridgehead atoms. The van der Waals surface area contributed by atoms with Crippen LogP contribution in [-0.2, 0) is 9.59 Å². The summed E-state index contributed by atoms with van der Waals surface area (Å²) in [4.78, 5) is 23.4. The van der Waals surface area contributed by atoms with Crippen LogP contribution >= 0.6 is 0 Å². The zero-order valence-electron chi connectivity index (χ0n) is 12.0. The van der Waals surface area contributed by atoms with E-state index >= 15 is 0 Å². The highest BCUT2D eigenvalue weighted by molar-refractivity contribution is 5.90. The third-order valence-corrected chi connectivity index (χ3v) is 4.02. The predicted octanol–water partition coefficient (Wildman–Crippen LogP) is 2.87. The van der Waals surface area contributed by atoms with Crippen LogP contribution in [0, 0.1) is 5.92 Å². The third kappa shape index (κ3) is 4.89. The van der Waals surface area contributed by atoms with Crippen molar-refractivity contribution in [1.82, 2.24) is 5.32 Å². The summed E-state index contributed by atoms with van der Waals surface area (Å²) in [5.74, 6) is 1.16. The van der Waals surface area contributed by atoms with Gasteiger partial charge in [-0.2, -0.15) is 0 Å². The average Bonchev–Trinajstić information content (AvgIpc) is 2.39. The van der Waals surface area contributed by atoms with Gasteiger partial charge in [-0.25, -0.2) is 0 Å². The van der Waals surface area contributed by atoms with Crippen LogP contribution < -0.4 is 5.32 Å². The maximum atomic E-state index is 11.9. The molecular weight excluding hydrogens is 226 g/mol. The Kier molecular flexibility index (Phi) is 6.55. The Morgan fingerprint density at radius 2 is 1.72 bits per heavy atom. The van der Waals surface area contributed by atoms with Gasteiger partial charge in [0, 0.05) is 25.3 Å². The molecule has 0 aromatic heterocycles. The van der Waals surface area contributed by atoms with E-state index in [1.807, 2.05) is 13.8 Å². The summed E-state index contributed by atoms with van der Waals surface area (Å²) in [5, 5.41) is 3.42. The molecule has 104 valence electrons. The molecule has 1 atom stereocenters. The minimum Gasteiger partial charge on any atom is -0.304 e. The molecule has 0 aromatic carbocycles. The number of rotatable bonds is 7. The van der Waals surface area contributed by atoms with Crippen LogP contribution in [0.5, 0.6) is 0 Å². The van der Waals surface area contributed by atoms with Gasteiger partial charge in [-0.3, -0.25) is 9.59 Å². The molecule has 0 aliphatic heterocycles. The molecule has 3 nitrogen and oxygen atoms in total. The Morgan fingerprint density at radius 1 is 1.11 bits per heavy atom. The lowest BCUT2D eigenvalue weighted by Gasteiger charge is -2.30. The lowest BCUT2D eigenvalue weighted by atomic mass is 9.86. The van der Waals surface area contributed by atoms with Gasteiger partial charge in [0.2, 0.25) is 0 Å². The van der Waals surface area contributed by atoms with Crippen molar-refractivity contribution in [2.45, 2.75) is 77.8 Å². The molecule has 1 unspecified atom stereocenters. The summed E-state index contributed by atoms with van der Waals surface area (Å²) in [6.45, 7) is 6.01. The minimum absolute atomic E-state index is 0.176. The quantitative estimate of drug-likeness (QED) is 0.759. The molecule has 1 aliphatic rings. The first-order chi connectivity index (χ1) is 8.56. The van der Waals surface area contributed by atoms with Gasteiger partial charge in [0.1, 0.15) is 11.6 Å². The van der Waals surface area contributed by atoms with Gasteiger partial charge < -0.3 is 5.32 Å². The summed E-state index contributed by atoms with van der Waals surface area (Å²) in [7, 11) is 0. The zero-order valence-corrected chi connectivity index (χ0v) is 12.0. The Bertz CT molecular complexity index is 280. The molecule has 3 heteroatoms. The largest absolute Gasteiger partial charge is 0.304 e. The number of Topliss-reactive ketones (excluding diaryl/α,β-unsaturated/α-hetero) is 2. The molecule has 0 saturated heterocycles. The standard InChI is InChI=1S/C15H27NO2/c1-4-13(17)10-14(15(18)5-2)16-12-8-6-11(3)7-9-12/h11-12,14,16H,4-10H2,1-3H3. The monoisotopic (exact) mass is 253 g/mol. The minimum atomic E-state index is -0.249. The Labute approximate surface area is 111 Å². The van der Waals surface area contributed by atoms with Gasteiger partial charge >= 0.3 is 0 Å². The molecule has 0 heterocycles.